The molecule has 0 bridgehead atoms. The fourth-order valence-corrected chi connectivity index (χ4v) is 2.80. The van der Waals surface area contributed by atoms with E-state index in [1.54, 1.807) is 4.90 Å². The second-order valence-corrected chi connectivity index (χ2v) is 13.0. The van der Waals surface area contributed by atoms with Gasteiger partial charge in [-0.15, -0.1) is 0 Å². The Kier molecular flexibility index (Phi) is 5.32. The zero-order chi connectivity index (χ0) is 16.5. The molecule has 1 amide bonds. The molecule has 0 spiro atoms. The molecule has 0 unspecified atom stereocenters. The highest BCUT2D eigenvalue weighted by molar-refractivity contribution is 6.74. The van der Waals surface area contributed by atoms with Gasteiger partial charge in [0, 0.05) is 6.20 Å². The van der Waals surface area contributed by atoms with Crippen molar-refractivity contribution in [3.05, 3.63) is 12.3 Å². The maximum absolute atomic E-state index is 12.2. The summed E-state index contributed by atoms with van der Waals surface area (Å²) in [4.78, 5) is 13.9. The second kappa shape index (κ2) is 6.13. The summed E-state index contributed by atoms with van der Waals surface area (Å²) >= 11 is 0. The van der Waals surface area contributed by atoms with Crippen molar-refractivity contribution in [2.45, 2.75) is 77.7 Å². The van der Waals surface area contributed by atoms with Crippen LogP contribution in [0.25, 0.3) is 0 Å². The molecular formula is C16H31NO3Si. The van der Waals surface area contributed by atoms with E-state index in [0.29, 0.717) is 6.61 Å². The van der Waals surface area contributed by atoms with Gasteiger partial charge < -0.3 is 9.16 Å². The van der Waals surface area contributed by atoms with E-state index >= 15 is 0 Å². The zero-order valence-electron chi connectivity index (χ0n) is 14.8. The van der Waals surface area contributed by atoms with E-state index in [1.165, 1.54) is 0 Å². The van der Waals surface area contributed by atoms with Crippen molar-refractivity contribution in [2.24, 2.45) is 0 Å². The minimum atomic E-state index is -1.79. The van der Waals surface area contributed by atoms with E-state index in [1.807, 2.05) is 33.0 Å². The van der Waals surface area contributed by atoms with Crippen LogP contribution in [0.2, 0.25) is 18.1 Å². The van der Waals surface area contributed by atoms with Crippen molar-refractivity contribution in [3.63, 3.8) is 0 Å². The summed E-state index contributed by atoms with van der Waals surface area (Å²) in [5.74, 6) is 0. The van der Waals surface area contributed by atoms with E-state index < -0.39 is 13.9 Å². The highest BCUT2D eigenvalue weighted by atomic mass is 28.4. The molecule has 0 aromatic carbocycles. The van der Waals surface area contributed by atoms with Gasteiger partial charge in [-0.2, -0.15) is 0 Å². The Morgan fingerprint density at radius 3 is 2.29 bits per heavy atom. The van der Waals surface area contributed by atoms with Gasteiger partial charge in [-0.1, -0.05) is 26.8 Å². The van der Waals surface area contributed by atoms with Crippen molar-refractivity contribution in [1.82, 2.24) is 4.90 Å². The summed E-state index contributed by atoms with van der Waals surface area (Å²) in [5, 5.41) is 0.176. The monoisotopic (exact) mass is 313 g/mol. The summed E-state index contributed by atoms with van der Waals surface area (Å²) in [6.45, 7) is 17.3. The topological polar surface area (TPSA) is 38.8 Å². The summed E-state index contributed by atoms with van der Waals surface area (Å²) in [5.41, 5.74) is -0.474. The minimum absolute atomic E-state index is 0.0500. The fourth-order valence-electron chi connectivity index (χ4n) is 1.76. The molecular weight excluding hydrogens is 282 g/mol. The average Bonchev–Trinajstić information content (AvgIpc) is 2.70. The van der Waals surface area contributed by atoms with Crippen LogP contribution < -0.4 is 0 Å². The molecule has 4 nitrogen and oxygen atoms in total. The number of nitrogens with zero attached hydrogens (tertiary/aromatic N) is 1. The largest absolute Gasteiger partial charge is 0.443 e. The molecule has 5 heteroatoms. The lowest BCUT2D eigenvalue weighted by atomic mass is 10.2. The summed E-state index contributed by atoms with van der Waals surface area (Å²) < 4.78 is 11.7. The molecule has 1 aliphatic rings. The normalized spacial score (nSPS) is 20.0. The summed E-state index contributed by atoms with van der Waals surface area (Å²) in [7, 11) is -1.79. The lowest BCUT2D eigenvalue weighted by Gasteiger charge is -2.38. The Labute approximate surface area is 130 Å². The Morgan fingerprint density at radius 2 is 1.81 bits per heavy atom. The highest BCUT2D eigenvalue weighted by Gasteiger charge is 2.39. The molecule has 0 fully saturated rings. The van der Waals surface area contributed by atoms with E-state index in [9.17, 15) is 4.79 Å². The van der Waals surface area contributed by atoms with Crippen LogP contribution in [0.4, 0.5) is 4.79 Å². The summed E-state index contributed by atoms with van der Waals surface area (Å²) in [6.07, 6.45) is 4.35. The molecule has 1 heterocycles. The van der Waals surface area contributed by atoms with E-state index in [4.69, 9.17) is 9.16 Å². The van der Waals surface area contributed by atoms with Crippen LogP contribution in [-0.4, -0.2) is 37.6 Å². The maximum Gasteiger partial charge on any atom is 0.414 e. The van der Waals surface area contributed by atoms with Gasteiger partial charge >= 0.3 is 6.09 Å². The van der Waals surface area contributed by atoms with Crippen LogP contribution in [0, 0.1) is 0 Å². The molecule has 0 aromatic rings. The number of amides is 1. The molecule has 21 heavy (non-hydrogen) atoms. The molecule has 0 saturated carbocycles. The fraction of sp³-hybridized carbons (Fsp3) is 0.812. The van der Waals surface area contributed by atoms with Gasteiger partial charge in [0.15, 0.2) is 8.32 Å². The van der Waals surface area contributed by atoms with E-state index in [2.05, 4.69) is 33.9 Å². The predicted molar refractivity (Wildman–Crippen MR) is 88.8 cm³/mol. The highest BCUT2D eigenvalue weighted by Crippen LogP contribution is 2.37. The minimum Gasteiger partial charge on any atom is -0.443 e. The van der Waals surface area contributed by atoms with Crippen LogP contribution in [0.5, 0.6) is 0 Å². The second-order valence-electron chi connectivity index (χ2n) is 8.23. The van der Waals surface area contributed by atoms with Crippen molar-refractivity contribution >= 4 is 14.4 Å². The first-order valence-electron chi connectivity index (χ1n) is 7.65. The van der Waals surface area contributed by atoms with Crippen LogP contribution >= 0.6 is 0 Å². The van der Waals surface area contributed by atoms with Gasteiger partial charge in [0.25, 0.3) is 0 Å². The van der Waals surface area contributed by atoms with E-state index in [-0.39, 0.29) is 17.2 Å². The predicted octanol–water partition coefficient (Wildman–Crippen LogP) is 4.53. The van der Waals surface area contributed by atoms with Crippen molar-refractivity contribution < 1.29 is 14.0 Å². The average molecular weight is 314 g/mol. The Bertz CT molecular complexity index is 405. The number of rotatable bonds is 3. The van der Waals surface area contributed by atoms with Crippen LogP contribution in [0.1, 0.15) is 48.0 Å². The number of hydrogen-bond donors (Lipinski definition) is 0. The molecule has 1 aliphatic heterocycles. The molecule has 0 radical (unpaired) electrons. The van der Waals surface area contributed by atoms with Crippen LogP contribution in [0.3, 0.4) is 0 Å². The van der Waals surface area contributed by atoms with Crippen molar-refractivity contribution in [2.75, 3.05) is 6.61 Å². The summed E-state index contributed by atoms with van der Waals surface area (Å²) in [6, 6.07) is 0.0500. The Morgan fingerprint density at radius 1 is 1.24 bits per heavy atom. The van der Waals surface area contributed by atoms with Gasteiger partial charge in [-0.05, 0) is 45.3 Å². The third-order valence-electron chi connectivity index (χ3n) is 4.11. The number of hydrogen-bond acceptors (Lipinski definition) is 3. The number of ether oxygens (including phenoxy) is 1. The molecule has 1 atom stereocenters. The molecule has 0 saturated heterocycles. The van der Waals surface area contributed by atoms with Gasteiger partial charge in [-0.3, -0.25) is 4.90 Å². The quantitative estimate of drug-likeness (QED) is 0.718. The number of carbonyl (C=O) groups excluding carboxylic acids is 1. The first kappa shape index (κ1) is 18.2. The third-order valence-corrected chi connectivity index (χ3v) is 8.62. The Hall–Kier alpha value is -0.813. The van der Waals surface area contributed by atoms with Gasteiger partial charge in [0.1, 0.15) is 5.60 Å². The zero-order valence-corrected chi connectivity index (χ0v) is 15.8. The first-order valence-corrected chi connectivity index (χ1v) is 10.6. The molecule has 0 N–H and O–H groups in total. The van der Waals surface area contributed by atoms with Crippen LogP contribution in [-0.2, 0) is 9.16 Å². The number of carbonyl (C=O) groups is 1. The van der Waals surface area contributed by atoms with Gasteiger partial charge in [0.05, 0.1) is 12.6 Å². The smallest absolute Gasteiger partial charge is 0.414 e. The van der Waals surface area contributed by atoms with E-state index in [0.717, 1.165) is 6.42 Å². The Balaban J connectivity index is 2.62. The molecule has 0 aromatic heterocycles. The van der Waals surface area contributed by atoms with Crippen molar-refractivity contribution in [1.29, 1.82) is 0 Å². The molecule has 122 valence electrons. The van der Waals surface area contributed by atoms with Gasteiger partial charge in [-0.25, -0.2) is 4.79 Å². The standard InChI is InChI=1S/C16H31NO3Si/c1-15(2,3)20-14(18)17-11-9-10-13(17)12-19-21(7,8)16(4,5)6/h9,11,13H,10,12H2,1-8H3/t13-/m0/s1. The molecule has 1 rings (SSSR count). The molecule has 0 aliphatic carbocycles. The van der Waals surface area contributed by atoms with Crippen LogP contribution in [0.15, 0.2) is 12.3 Å². The maximum atomic E-state index is 12.2. The first-order chi connectivity index (χ1) is 9.33. The lowest BCUT2D eigenvalue weighted by Crippen LogP contribution is -2.46. The SMILES string of the molecule is CC(C)(C)OC(=O)N1C=CC[C@H]1CO[Si](C)(C)C(C)(C)C. The third kappa shape index (κ3) is 5.15. The van der Waals surface area contributed by atoms with Gasteiger partial charge in [0.2, 0.25) is 0 Å². The lowest BCUT2D eigenvalue weighted by molar-refractivity contribution is 0.0246. The van der Waals surface area contributed by atoms with Crippen molar-refractivity contribution in [3.8, 4) is 0 Å².